The molecule has 28 heavy (non-hydrogen) atoms. The van der Waals surface area contributed by atoms with Gasteiger partial charge in [-0.2, -0.15) is 0 Å². The van der Waals surface area contributed by atoms with Gasteiger partial charge in [-0.3, -0.25) is 4.79 Å². The largest absolute Gasteiger partial charge is 0.497 e. The van der Waals surface area contributed by atoms with Gasteiger partial charge in [0.1, 0.15) is 33.8 Å². The maximum atomic E-state index is 12.3. The Labute approximate surface area is 172 Å². The van der Waals surface area contributed by atoms with Crippen LogP contribution >= 0.6 is 23.1 Å². The second kappa shape index (κ2) is 9.86. The fourth-order valence-corrected chi connectivity index (χ4v) is 4.51. The maximum Gasteiger partial charge on any atom is 0.319 e. The fourth-order valence-electron chi connectivity index (χ4n) is 2.60. The smallest absolute Gasteiger partial charge is 0.319 e. The monoisotopic (exact) mass is 418 g/mol. The molecule has 0 fully saturated rings. The molecule has 1 aromatic carbocycles. The van der Waals surface area contributed by atoms with Gasteiger partial charge in [0.2, 0.25) is 0 Å². The minimum absolute atomic E-state index is 0.256. The Morgan fingerprint density at radius 3 is 2.71 bits per heavy atom. The molecule has 0 aliphatic carbocycles. The molecule has 0 radical (unpaired) electrons. The third kappa shape index (κ3) is 4.81. The Hall–Kier alpha value is -2.16. The van der Waals surface area contributed by atoms with Crippen molar-refractivity contribution in [1.29, 1.82) is 0 Å². The van der Waals surface area contributed by atoms with Crippen LogP contribution in [0.1, 0.15) is 13.8 Å². The highest BCUT2D eigenvalue weighted by atomic mass is 32.2. The van der Waals surface area contributed by atoms with E-state index in [1.165, 1.54) is 18.1 Å². The van der Waals surface area contributed by atoms with Gasteiger partial charge in [0.25, 0.3) is 0 Å². The molecule has 2 aromatic heterocycles. The molecule has 2 heterocycles. The number of hydrogen-bond donors (Lipinski definition) is 0. The number of esters is 1. The molecule has 148 valence electrons. The molecule has 0 aliphatic rings. The summed E-state index contributed by atoms with van der Waals surface area (Å²) in [6, 6.07) is 7.86. The van der Waals surface area contributed by atoms with Crippen LogP contribution < -0.4 is 4.74 Å². The van der Waals surface area contributed by atoms with Gasteiger partial charge in [0.05, 0.1) is 19.1 Å². The Bertz CT molecular complexity index is 928. The standard InChI is InChI=1S/C20H22N2O4S2/c1-4-25-9-10-26-20(23)13(2)28-19-17-16(11-27-18(17)21-12-22-19)14-5-7-15(24-3)8-6-14/h5-8,11-13H,4,9-10H2,1-3H3. The molecule has 1 atom stereocenters. The number of ether oxygens (including phenoxy) is 3. The van der Waals surface area contributed by atoms with Crippen molar-refractivity contribution in [1.82, 2.24) is 9.97 Å². The zero-order valence-corrected chi connectivity index (χ0v) is 17.6. The average molecular weight is 419 g/mol. The van der Waals surface area contributed by atoms with Crippen LogP contribution in [0.3, 0.4) is 0 Å². The van der Waals surface area contributed by atoms with E-state index in [2.05, 4.69) is 15.3 Å². The van der Waals surface area contributed by atoms with Crippen molar-refractivity contribution < 1.29 is 19.0 Å². The predicted molar refractivity (Wildman–Crippen MR) is 112 cm³/mol. The van der Waals surface area contributed by atoms with Crippen LogP contribution in [0.2, 0.25) is 0 Å². The zero-order valence-electron chi connectivity index (χ0n) is 16.0. The van der Waals surface area contributed by atoms with Crippen LogP contribution in [-0.2, 0) is 14.3 Å². The molecule has 0 saturated heterocycles. The lowest BCUT2D eigenvalue weighted by atomic mass is 10.1. The third-order valence-corrected chi connectivity index (χ3v) is 6.00. The van der Waals surface area contributed by atoms with E-state index in [0.717, 1.165) is 32.1 Å². The maximum absolute atomic E-state index is 12.3. The molecule has 0 aliphatic heterocycles. The highest BCUT2D eigenvalue weighted by Gasteiger charge is 2.20. The summed E-state index contributed by atoms with van der Waals surface area (Å²) in [5, 5.41) is 3.40. The quantitative estimate of drug-likeness (QED) is 0.220. The van der Waals surface area contributed by atoms with E-state index < -0.39 is 0 Å². The number of carbonyl (C=O) groups excluding carboxylic acids is 1. The molecular weight excluding hydrogens is 396 g/mol. The average Bonchev–Trinajstić information content (AvgIpc) is 3.16. The van der Waals surface area contributed by atoms with Crippen LogP contribution in [0.5, 0.6) is 5.75 Å². The number of nitrogens with zero attached hydrogens (tertiary/aromatic N) is 2. The molecule has 3 aromatic rings. The summed E-state index contributed by atoms with van der Waals surface area (Å²) in [6.45, 7) is 4.99. The van der Waals surface area contributed by atoms with E-state index in [1.807, 2.05) is 38.1 Å². The predicted octanol–water partition coefficient (Wildman–Crippen LogP) is 4.43. The highest BCUT2D eigenvalue weighted by Crippen LogP contribution is 2.39. The van der Waals surface area contributed by atoms with Crippen molar-refractivity contribution in [3.63, 3.8) is 0 Å². The van der Waals surface area contributed by atoms with Crippen molar-refractivity contribution in [3.8, 4) is 16.9 Å². The van der Waals surface area contributed by atoms with Crippen LogP contribution in [0.4, 0.5) is 0 Å². The number of rotatable bonds is 9. The van der Waals surface area contributed by atoms with Gasteiger partial charge in [0, 0.05) is 17.6 Å². The number of thioether (sulfide) groups is 1. The van der Waals surface area contributed by atoms with Gasteiger partial charge in [-0.1, -0.05) is 23.9 Å². The number of methoxy groups -OCH3 is 1. The fraction of sp³-hybridized carbons (Fsp3) is 0.350. The number of hydrogen-bond acceptors (Lipinski definition) is 8. The zero-order chi connectivity index (χ0) is 19.9. The van der Waals surface area contributed by atoms with Crippen molar-refractivity contribution in [2.45, 2.75) is 24.1 Å². The summed E-state index contributed by atoms with van der Waals surface area (Å²) >= 11 is 2.94. The minimum Gasteiger partial charge on any atom is -0.497 e. The van der Waals surface area contributed by atoms with Crippen molar-refractivity contribution in [2.24, 2.45) is 0 Å². The first-order valence-corrected chi connectivity index (χ1v) is 10.7. The Balaban J connectivity index is 1.81. The van der Waals surface area contributed by atoms with Crippen LogP contribution in [0, 0.1) is 0 Å². The van der Waals surface area contributed by atoms with Gasteiger partial charge in [-0.15, -0.1) is 11.3 Å². The van der Waals surface area contributed by atoms with Crippen LogP contribution in [0.15, 0.2) is 41.0 Å². The lowest BCUT2D eigenvalue weighted by Crippen LogP contribution is -2.19. The van der Waals surface area contributed by atoms with Crippen molar-refractivity contribution in [2.75, 3.05) is 26.9 Å². The summed E-state index contributed by atoms with van der Waals surface area (Å²) in [6.07, 6.45) is 1.53. The first-order valence-electron chi connectivity index (χ1n) is 8.91. The normalized spacial score (nSPS) is 12.1. The minimum atomic E-state index is -0.386. The van der Waals surface area contributed by atoms with Crippen molar-refractivity contribution >= 4 is 39.3 Å². The Morgan fingerprint density at radius 2 is 2.00 bits per heavy atom. The van der Waals surface area contributed by atoms with Crippen molar-refractivity contribution in [3.05, 3.63) is 36.0 Å². The molecule has 0 saturated carbocycles. The number of fused-ring (bicyclic) bond motifs is 1. The molecule has 0 N–H and O–H groups in total. The van der Waals surface area contributed by atoms with Gasteiger partial charge >= 0.3 is 5.97 Å². The topological polar surface area (TPSA) is 70.5 Å². The summed E-state index contributed by atoms with van der Waals surface area (Å²) in [5.74, 6) is 0.523. The Kier molecular flexibility index (Phi) is 7.24. The van der Waals surface area contributed by atoms with Crippen LogP contribution in [-0.4, -0.2) is 48.1 Å². The van der Waals surface area contributed by atoms with E-state index in [4.69, 9.17) is 14.2 Å². The summed E-state index contributed by atoms with van der Waals surface area (Å²) in [5.41, 5.74) is 2.10. The van der Waals surface area contributed by atoms with E-state index in [9.17, 15) is 4.79 Å². The molecule has 0 amide bonds. The third-order valence-electron chi connectivity index (χ3n) is 4.03. The van der Waals surface area contributed by atoms with E-state index in [0.29, 0.717) is 13.2 Å². The Morgan fingerprint density at radius 1 is 1.21 bits per heavy atom. The second-order valence-corrected chi connectivity index (χ2v) is 8.05. The molecule has 8 heteroatoms. The lowest BCUT2D eigenvalue weighted by molar-refractivity contribution is -0.144. The van der Waals surface area contributed by atoms with Gasteiger partial charge in [-0.05, 0) is 31.5 Å². The van der Waals surface area contributed by atoms with Crippen LogP contribution in [0.25, 0.3) is 21.3 Å². The highest BCUT2D eigenvalue weighted by molar-refractivity contribution is 8.00. The summed E-state index contributed by atoms with van der Waals surface area (Å²) in [7, 11) is 1.65. The van der Waals surface area contributed by atoms with E-state index in [1.54, 1.807) is 18.4 Å². The van der Waals surface area contributed by atoms with E-state index >= 15 is 0 Å². The molecule has 0 bridgehead atoms. The number of aromatic nitrogens is 2. The second-order valence-electron chi connectivity index (χ2n) is 5.86. The molecule has 0 spiro atoms. The first kappa shape index (κ1) is 20.6. The van der Waals surface area contributed by atoms with E-state index in [-0.39, 0.29) is 17.8 Å². The molecule has 3 rings (SSSR count). The number of benzene rings is 1. The van der Waals surface area contributed by atoms with Gasteiger partial charge < -0.3 is 14.2 Å². The summed E-state index contributed by atoms with van der Waals surface area (Å²) in [4.78, 5) is 22.0. The molecule has 6 nitrogen and oxygen atoms in total. The number of thiophene rings is 1. The van der Waals surface area contributed by atoms with Gasteiger partial charge in [0.15, 0.2) is 0 Å². The first-order chi connectivity index (χ1) is 13.6. The molecule has 1 unspecified atom stereocenters. The summed E-state index contributed by atoms with van der Waals surface area (Å²) < 4.78 is 15.7. The number of carbonyl (C=O) groups is 1. The van der Waals surface area contributed by atoms with Gasteiger partial charge in [-0.25, -0.2) is 9.97 Å². The SMILES string of the molecule is CCOCCOC(=O)C(C)Sc1ncnc2scc(-c3ccc(OC)cc3)c12. The lowest BCUT2D eigenvalue weighted by Gasteiger charge is -2.12. The molecular formula is C20H22N2O4S2.